The number of amides is 1. The molecule has 1 N–H and O–H groups in total. The van der Waals surface area contributed by atoms with Crippen LogP contribution in [-0.4, -0.2) is 35.1 Å². The van der Waals surface area contributed by atoms with Gasteiger partial charge in [-0.05, 0) is 38.5 Å². The Morgan fingerprint density at radius 1 is 1.47 bits per heavy atom. The standard InChI is InChI=1S/C13H19NO2S/c1-9-5-6-10(17)7-11(9)12(15)14(4)8-13(2,3)16/h5-7,16-17H,8H2,1-4H3. The molecule has 0 aliphatic heterocycles. The van der Waals surface area contributed by atoms with E-state index in [1.54, 1.807) is 27.0 Å². The maximum absolute atomic E-state index is 12.2. The van der Waals surface area contributed by atoms with E-state index >= 15 is 0 Å². The maximum atomic E-state index is 12.2. The Balaban J connectivity index is 2.93. The van der Waals surface area contributed by atoms with E-state index in [2.05, 4.69) is 12.6 Å². The van der Waals surface area contributed by atoms with Crippen molar-refractivity contribution in [1.82, 2.24) is 4.90 Å². The van der Waals surface area contributed by atoms with Crippen LogP contribution in [0.2, 0.25) is 0 Å². The van der Waals surface area contributed by atoms with Crippen molar-refractivity contribution in [2.24, 2.45) is 0 Å². The van der Waals surface area contributed by atoms with Crippen molar-refractivity contribution < 1.29 is 9.90 Å². The fourth-order valence-corrected chi connectivity index (χ4v) is 1.90. The molecule has 3 nitrogen and oxygen atoms in total. The number of likely N-dealkylation sites (N-methyl/N-ethyl adjacent to an activating group) is 1. The largest absolute Gasteiger partial charge is 0.389 e. The molecule has 17 heavy (non-hydrogen) atoms. The maximum Gasteiger partial charge on any atom is 0.254 e. The van der Waals surface area contributed by atoms with E-state index in [1.165, 1.54) is 4.90 Å². The summed E-state index contributed by atoms with van der Waals surface area (Å²) in [4.78, 5) is 14.5. The van der Waals surface area contributed by atoms with Crippen LogP contribution in [0.5, 0.6) is 0 Å². The third-order valence-electron chi connectivity index (χ3n) is 2.42. The average molecular weight is 253 g/mol. The lowest BCUT2D eigenvalue weighted by Crippen LogP contribution is -2.39. The molecule has 0 spiro atoms. The zero-order chi connectivity index (χ0) is 13.2. The van der Waals surface area contributed by atoms with E-state index in [0.29, 0.717) is 12.1 Å². The van der Waals surface area contributed by atoms with E-state index in [-0.39, 0.29) is 5.91 Å². The summed E-state index contributed by atoms with van der Waals surface area (Å²) in [6.45, 7) is 5.54. The minimum Gasteiger partial charge on any atom is -0.389 e. The van der Waals surface area contributed by atoms with Gasteiger partial charge in [0, 0.05) is 24.1 Å². The molecule has 0 aromatic heterocycles. The van der Waals surface area contributed by atoms with Crippen molar-refractivity contribution in [2.45, 2.75) is 31.3 Å². The third-order valence-corrected chi connectivity index (χ3v) is 2.70. The molecule has 0 atom stereocenters. The van der Waals surface area contributed by atoms with Gasteiger partial charge in [0.15, 0.2) is 0 Å². The van der Waals surface area contributed by atoms with Crippen LogP contribution in [0.1, 0.15) is 29.8 Å². The molecule has 1 amide bonds. The van der Waals surface area contributed by atoms with Crippen LogP contribution in [0.4, 0.5) is 0 Å². The predicted molar refractivity (Wildman–Crippen MR) is 71.7 cm³/mol. The molecular formula is C13H19NO2S. The molecule has 0 unspecified atom stereocenters. The zero-order valence-corrected chi connectivity index (χ0v) is 11.6. The number of carbonyl (C=O) groups excluding carboxylic acids is 1. The molecule has 0 bridgehead atoms. The fraction of sp³-hybridized carbons (Fsp3) is 0.462. The Morgan fingerprint density at radius 3 is 2.59 bits per heavy atom. The minimum absolute atomic E-state index is 0.0967. The normalized spacial score (nSPS) is 11.4. The van der Waals surface area contributed by atoms with E-state index in [0.717, 1.165) is 10.5 Å². The molecule has 0 fully saturated rings. The second kappa shape index (κ2) is 5.10. The van der Waals surface area contributed by atoms with Gasteiger partial charge in [0.2, 0.25) is 0 Å². The number of rotatable bonds is 3. The van der Waals surface area contributed by atoms with Crippen molar-refractivity contribution in [3.63, 3.8) is 0 Å². The molecule has 94 valence electrons. The summed E-state index contributed by atoms with van der Waals surface area (Å²) in [5.41, 5.74) is 0.649. The van der Waals surface area contributed by atoms with Crippen LogP contribution in [0, 0.1) is 6.92 Å². The summed E-state index contributed by atoms with van der Waals surface area (Å²) in [6.07, 6.45) is 0. The predicted octanol–water partition coefficient (Wildman–Crippen LogP) is 2.13. The molecule has 0 aliphatic carbocycles. The number of aryl methyl sites for hydroxylation is 1. The van der Waals surface area contributed by atoms with Crippen LogP contribution in [0.25, 0.3) is 0 Å². The van der Waals surface area contributed by atoms with Crippen LogP contribution < -0.4 is 0 Å². The third kappa shape index (κ3) is 4.06. The summed E-state index contributed by atoms with van der Waals surface area (Å²) in [5, 5.41) is 9.70. The number of benzene rings is 1. The van der Waals surface area contributed by atoms with Gasteiger partial charge in [-0.1, -0.05) is 6.07 Å². The fourth-order valence-electron chi connectivity index (χ4n) is 1.70. The first kappa shape index (κ1) is 14.1. The first-order valence-electron chi connectivity index (χ1n) is 5.48. The highest BCUT2D eigenvalue weighted by Crippen LogP contribution is 2.16. The Kier molecular flexibility index (Phi) is 4.22. The molecule has 1 aromatic rings. The van der Waals surface area contributed by atoms with Crippen molar-refractivity contribution in [3.05, 3.63) is 29.3 Å². The smallest absolute Gasteiger partial charge is 0.254 e. The summed E-state index contributed by atoms with van der Waals surface area (Å²) >= 11 is 4.23. The van der Waals surface area contributed by atoms with Gasteiger partial charge in [0.25, 0.3) is 5.91 Å². The van der Waals surface area contributed by atoms with Crippen molar-refractivity contribution in [3.8, 4) is 0 Å². The average Bonchev–Trinajstić information content (AvgIpc) is 2.18. The number of hydrogen-bond donors (Lipinski definition) is 2. The van der Waals surface area contributed by atoms with Gasteiger partial charge in [0.1, 0.15) is 0 Å². The second-order valence-corrected chi connectivity index (χ2v) is 5.49. The number of aliphatic hydroxyl groups is 1. The number of carbonyl (C=O) groups is 1. The van der Waals surface area contributed by atoms with Crippen molar-refractivity contribution in [1.29, 1.82) is 0 Å². The van der Waals surface area contributed by atoms with E-state index < -0.39 is 5.60 Å². The first-order chi connectivity index (χ1) is 7.70. The lowest BCUT2D eigenvalue weighted by Gasteiger charge is -2.26. The summed E-state index contributed by atoms with van der Waals surface area (Å²) in [7, 11) is 1.69. The SMILES string of the molecule is Cc1ccc(S)cc1C(=O)N(C)CC(C)(C)O. The van der Waals surface area contributed by atoms with E-state index in [1.807, 2.05) is 19.1 Å². The van der Waals surface area contributed by atoms with Gasteiger partial charge in [0.05, 0.1) is 5.60 Å². The lowest BCUT2D eigenvalue weighted by molar-refractivity contribution is 0.0367. The molecule has 0 saturated heterocycles. The molecule has 4 heteroatoms. The van der Waals surface area contributed by atoms with Crippen LogP contribution in [0.15, 0.2) is 23.1 Å². The van der Waals surface area contributed by atoms with Gasteiger partial charge in [-0.25, -0.2) is 0 Å². The quantitative estimate of drug-likeness (QED) is 0.810. The minimum atomic E-state index is -0.892. The molecule has 1 aromatic carbocycles. The summed E-state index contributed by atoms with van der Waals surface area (Å²) < 4.78 is 0. The Hall–Kier alpha value is -1.00. The summed E-state index contributed by atoms with van der Waals surface area (Å²) in [6, 6.07) is 5.47. The molecule has 0 saturated carbocycles. The molecule has 0 aliphatic rings. The molecular weight excluding hydrogens is 234 g/mol. The Bertz CT molecular complexity index is 424. The van der Waals surface area contributed by atoms with Gasteiger partial charge in [-0.15, -0.1) is 12.6 Å². The van der Waals surface area contributed by atoms with Gasteiger partial charge < -0.3 is 10.0 Å². The number of nitrogens with zero attached hydrogens (tertiary/aromatic N) is 1. The van der Waals surface area contributed by atoms with E-state index in [4.69, 9.17) is 0 Å². The van der Waals surface area contributed by atoms with Crippen molar-refractivity contribution >= 4 is 18.5 Å². The monoisotopic (exact) mass is 253 g/mol. The topological polar surface area (TPSA) is 40.5 Å². The second-order valence-electron chi connectivity index (χ2n) is 4.97. The summed E-state index contributed by atoms with van der Waals surface area (Å²) in [5.74, 6) is -0.0967. The highest BCUT2D eigenvalue weighted by molar-refractivity contribution is 7.80. The van der Waals surface area contributed by atoms with E-state index in [9.17, 15) is 9.90 Å². The molecule has 1 rings (SSSR count). The number of hydrogen-bond acceptors (Lipinski definition) is 3. The lowest BCUT2D eigenvalue weighted by atomic mass is 10.1. The highest BCUT2D eigenvalue weighted by Gasteiger charge is 2.21. The van der Waals surface area contributed by atoms with Gasteiger partial charge >= 0.3 is 0 Å². The number of thiol groups is 1. The highest BCUT2D eigenvalue weighted by atomic mass is 32.1. The first-order valence-corrected chi connectivity index (χ1v) is 5.93. The molecule has 0 radical (unpaired) electrons. The van der Waals surface area contributed by atoms with Crippen LogP contribution in [-0.2, 0) is 0 Å². The van der Waals surface area contributed by atoms with Gasteiger partial charge in [-0.3, -0.25) is 4.79 Å². The Morgan fingerprint density at radius 2 is 2.06 bits per heavy atom. The van der Waals surface area contributed by atoms with Gasteiger partial charge in [-0.2, -0.15) is 0 Å². The van der Waals surface area contributed by atoms with Crippen molar-refractivity contribution in [2.75, 3.05) is 13.6 Å². The zero-order valence-electron chi connectivity index (χ0n) is 10.7. The Labute approximate surface area is 108 Å². The molecule has 0 heterocycles. The van der Waals surface area contributed by atoms with Crippen LogP contribution in [0.3, 0.4) is 0 Å². The van der Waals surface area contributed by atoms with Crippen LogP contribution >= 0.6 is 12.6 Å².